The molecule has 3 rings (SSSR count). The molecule has 98 valence electrons. The maximum Gasteiger partial charge on any atom is 0.188 e. The maximum atomic E-state index is 12.3. The van der Waals surface area contributed by atoms with Gasteiger partial charge in [0.2, 0.25) is 0 Å². The Bertz CT molecular complexity index is 732. The lowest BCUT2D eigenvalue weighted by atomic mass is 10.1. The minimum absolute atomic E-state index is 0.0934. The SMILES string of the molecule is O=C(C=Cc1csnn1)c1ccccc1-n1cccn1. The Hall–Kier alpha value is -2.60. The summed E-state index contributed by atoms with van der Waals surface area (Å²) in [6, 6.07) is 9.17. The van der Waals surface area contributed by atoms with Crippen molar-refractivity contribution in [2.45, 2.75) is 0 Å². The van der Waals surface area contributed by atoms with Crippen LogP contribution in [0.2, 0.25) is 0 Å². The second-order valence-electron chi connectivity index (χ2n) is 4.00. The number of carbonyl (C=O) groups is 1. The first kappa shape index (κ1) is 12.4. The summed E-state index contributed by atoms with van der Waals surface area (Å²) in [6.07, 6.45) is 6.64. The van der Waals surface area contributed by atoms with Crippen LogP contribution in [0.1, 0.15) is 16.1 Å². The molecule has 0 saturated heterocycles. The van der Waals surface area contributed by atoms with Crippen LogP contribution in [0.4, 0.5) is 0 Å². The number of hydrogen-bond donors (Lipinski definition) is 0. The fourth-order valence-electron chi connectivity index (χ4n) is 1.79. The largest absolute Gasteiger partial charge is 0.289 e. The Kier molecular flexibility index (Phi) is 3.47. The van der Waals surface area contributed by atoms with Gasteiger partial charge >= 0.3 is 0 Å². The average Bonchev–Trinajstić information content (AvgIpc) is 3.18. The van der Waals surface area contributed by atoms with Crippen molar-refractivity contribution in [2.24, 2.45) is 0 Å². The molecule has 5 nitrogen and oxygen atoms in total. The van der Waals surface area contributed by atoms with E-state index in [0.717, 1.165) is 5.69 Å². The molecular weight excluding hydrogens is 272 g/mol. The number of para-hydroxylation sites is 1. The van der Waals surface area contributed by atoms with E-state index < -0.39 is 0 Å². The van der Waals surface area contributed by atoms with Gasteiger partial charge in [-0.25, -0.2) is 4.68 Å². The van der Waals surface area contributed by atoms with E-state index >= 15 is 0 Å². The highest BCUT2D eigenvalue weighted by atomic mass is 32.1. The molecule has 0 aliphatic carbocycles. The molecule has 0 saturated carbocycles. The zero-order valence-corrected chi connectivity index (χ0v) is 11.2. The van der Waals surface area contributed by atoms with Crippen molar-refractivity contribution in [2.75, 3.05) is 0 Å². The number of hydrogen-bond acceptors (Lipinski definition) is 5. The van der Waals surface area contributed by atoms with Crippen molar-refractivity contribution in [3.05, 3.63) is 65.4 Å². The van der Waals surface area contributed by atoms with Gasteiger partial charge in [-0.05, 0) is 41.9 Å². The number of nitrogens with zero attached hydrogens (tertiary/aromatic N) is 4. The number of rotatable bonds is 4. The molecular formula is C14H10N4OS. The third kappa shape index (κ3) is 2.55. The highest BCUT2D eigenvalue weighted by Crippen LogP contribution is 2.15. The summed E-state index contributed by atoms with van der Waals surface area (Å²) in [4.78, 5) is 12.3. The van der Waals surface area contributed by atoms with Gasteiger partial charge < -0.3 is 0 Å². The number of aromatic nitrogens is 4. The van der Waals surface area contributed by atoms with E-state index in [1.165, 1.54) is 17.6 Å². The minimum atomic E-state index is -0.0934. The summed E-state index contributed by atoms with van der Waals surface area (Å²) >= 11 is 1.25. The number of ketones is 1. The smallest absolute Gasteiger partial charge is 0.188 e. The molecule has 0 aliphatic rings. The zero-order chi connectivity index (χ0) is 13.8. The van der Waals surface area contributed by atoms with Gasteiger partial charge in [0.25, 0.3) is 0 Å². The molecule has 2 aromatic heterocycles. The van der Waals surface area contributed by atoms with Crippen molar-refractivity contribution in [3.63, 3.8) is 0 Å². The maximum absolute atomic E-state index is 12.3. The predicted octanol–water partition coefficient (Wildman–Crippen LogP) is 2.62. The Labute approximate surface area is 119 Å². The normalized spacial score (nSPS) is 11.0. The third-order valence-electron chi connectivity index (χ3n) is 2.70. The fourth-order valence-corrected chi connectivity index (χ4v) is 2.21. The van der Waals surface area contributed by atoms with Crippen LogP contribution in [-0.2, 0) is 0 Å². The molecule has 0 amide bonds. The number of benzene rings is 1. The van der Waals surface area contributed by atoms with Gasteiger partial charge in [0, 0.05) is 23.3 Å². The summed E-state index contributed by atoms with van der Waals surface area (Å²) in [5, 5.41) is 9.81. The quantitative estimate of drug-likeness (QED) is 0.545. The second-order valence-corrected chi connectivity index (χ2v) is 4.60. The zero-order valence-electron chi connectivity index (χ0n) is 10.4. The lowest BCUT2D eigenvalue weighted by Gasteiger charge is -2.06. The van der Waals surface area contributed by atoms with Crippen molar-refractivity contribution in [1.82, 2.24) is 19.4 Å². The topological polar surface area (TPSA) is 60.7 Å². The summed E-state index contributed by atoms with van der Waals surface area (Å²) < 4.78 is 5.42. The van der Waals surface area contributed by atoms with Gasteiger partial charge in [0.05, 0.1) is 11.4 Å². The van der Waals surface area contributed by atoms with Crippen LogP contribution in [0.3, 0.4) is 0 Å². The van der Waals surface area contributed by atoms with Crippen molar-refractivity contribution < 1.29 is 4.79 Å². The summed E-state index contributed by atoms with van der Waals surface area (Å²) in [5.74, 6) is -0.0934. The summed E-state index contributed by atoms with van der Waals surface area (Å²) in [5.41, 5.74) is 2.03. The summed E-state index contributed by atoms with van der Waals surface area (Å²) in [6.45, 7) is 0. The molecule has 0 unspecified atom stereocenters. The van der Waals surface area contributed by atoms with Gasteiger partial charge in [-0.3, -0.25) is 4.79 Å². The van der Waals surface area contributed by atoms with E-state index in [1.807, 2.05) is 24.3 Å². The van der Waals surface area contributed by atoms with Crippen LogP contribution in [0.15, 0.2) is 54.2 Å². The molecule has 1 aromatic carbocycles. The molecule has 2 heterocycles. The molecule has 0 fully saturated rings. The van der Waals surface area contributed by atoms with Gasteiger partial charge in [-0.2, -0.15) is 5.10 Å². The lowest BCUT2D eigenvalue weighted by molar-refractivity contribution is 0.104. The molecule has 0 spiro atoms. The first-order valence-electron chi connectivity index (χ1n) is 5.93. The fraction of sp³-hybridized carbons (Fsp3) is 0. The minimum Gasteiger partial charge on any atom is -0.289 e. The van der Waals surface area contributed by atoms with Gasteiger partial charge in [-0.1, -0.05) is 16.6 Å². The van der Waals surface area contributed by atoms with Crippen LogP contribution in [0, 0.1) is 0 Å². The Morgan fingerprint density at radius 2 is 2.15 bits per heavy atom. The lowest BCUT2D eigenvalue weighted by Crippen LogP contribution is -2.04. The first-order chi connectivity index (χ1) is 9.84. The molecule has 20 heavy (non-hydrogen) atoms. The van der Waals surface area contributed by atoms with Crippen molar-refractivity contribution in [1.29, 1.82) is 0 Å². The van der Waals surface area contributed by atoms with E-state index in [4.69, 9.17) is 0 Å². The van der Waals surface area contributed by atoms with Gasteiger partial charge in [0.15, 0.2) is 5.78 Å². The highest BCUT2D eigenvalue weighted by Gasteiger charge is 2.09. The van der Waals surface area contributed by atoms with E-state index in [9.17, 15) is 4.79 Å². The van der Waals surface area contributed by atoms with E-state index in [1.54, 1.807) is 34.6 Å². The average molecular weight is 282 g/mol. The van der Waals surface area contributed by atoms with Crippen LogP contribution in [-0.4, -0.2) is 25.2 Å². The Morgan fingerprint density at radius 1 is 1.25 bits per heavy atom. The number of carbonyl (C=O) groups excluding carboxylic acids is 1. The molecule has 0 atom stereocenters. The van der Waals surface area contributed by atoms with Crippen molar-refractivity contribution >= 4 is 23.4 Å². The Morgan fingerprint density at radius 3 is 2.90 bits per heavy atom. The second kappa shape index (κ2) is 5.58. The summed E-state index contributed by atoms with van der Waals surface area (Å²) in [7, 11) is 0. The van der Waals surface area contributed by atoms with Crippen LogP contribution in [0.5, 0.6) is 0 Å². The van der Waals surface area contributed by atoms with E-state index in [2.05, 4.69) is 14.7 Å². The Balaban J connectivity index is 1.92. The molecule has 0 N–H and O–H groups in total. The van der Waals surface area contributed by atoms with Crippen LogP contribution >= 0.6 is 11.5 Å². The molecule has 0 radical (unpaired) electrons. The molecule has 0 bridgehead atoms. The van der Waals surface area contributed by atoms with E-state index in [0.29, 0.717) is 11.3 Å². The molecule has 6 heteroatoms. The monoisotopic (exact) mass is 282 g/mol. The standard InChI is InChI=1S/C14H10N4OS/c19-14(7-6-11-10-20-17-16-11)12-4-1-2-5-13(12)18-9-3-8-15-18/h1-10H. The third-order valence-corrected chi connectivity index (χ3v) is 3.23. The highest BCUT2D eigenvalue weighted by molar-refractivity contribution is 7.03. The predicted molar refractivity (Wildman–Crippen MR) is 76.8 cm³/mol. The molecule has 3 aromatic rings. The van der Waals surface area contributed by atoms with Crippen LogP contribution in [0.25, 0.3) is 11.8 Å². The molecule has 0 aliphatic heterocycles. The van der Waals surface area contributed by atoms with E-state index in [-0.39, 0.29) is 5.78 Å². The first-order valence-corrected chi connectivity index (χ1v) is 6.77. The van der Waals surface area contributed by atoms with Gasteiger partial charge in [-0.15, -0.1) is 5.10 Å². The van der Waals surface area contributed by atoms with Gasteiger partial charge in [0.1, 0.15) is 0 Å². The van der Waals surface area contributed by atoms with Crippen molar-refractivity contribution in [3.8, 4) is 5.69 Å². The number of allylic oxidation sites excluding steroid dienone is 1. The van der Waals surface area contributed by atoms with Crippen LogP contribution < -0.4 is 0 Å².